The van der Waals surface area contributed by atoms with Crippen molar-refractivity contribution >= 4 is 22.5 Å². The van der Waals surface area contributed by atoms with Gasteiger partial charge in [0.15, 0.2) is 5.65 Å². The molecule has 1 N–H and O–H groups in total. The summed E-state index contributed by atoms with van der Waals surface area (Å²) < 4.78 is 39.6. The molecule has 0 atom stereocenters. The number of nitrogens with one attached hydrogen (secondary N) is 1. The van der Waals surface area contributed by atoms with Gasteiger partial charge < -0.3 is 5.32 Å². The molecular weight excluding hydrogens is 355 g/mol. The van der Waals surface area contributed by atoms with E-state index in [2.05, 4.69) is 20.4 Å². The first-order valence-corrected chi connectivity index (χ1v) is 8.44. The average molecular weight is 371 g/mol. The molecule has 0 amide bonds. The third-order valence-corrected chi connectivity index (χ3v) is 4.26. The highest BCUT2D eigenvalue weighted by molar-refractivity contribution is 5.92. The zero-order valence-corrected chi connectivity index (χ0v) is 14.5. The van der Waals surface area contributed by atoms with Gasteiger partial charge in [-0.25, -0.2) is 9.97 Å². The van der Waals surface area contributed by atoms with Crippen LogP contribution in [0.2, 0.25) is 0 Å². The van der Waals surface area contributed by atoms with E-state index >= 15 is 0 Å². The van der Waals surface area contributed by atoms with E-state index in [0.29, 0.717) is 24.7 Å². The second-order valence-electron chi connectivity index (χ2n) is 6.22. The normalized spacial score (nSPS) is 12.0. The number of fused-ring (bicyclic) bond motifs is 3. The highest BCUT2D eigenvalue weighted by Crippen LogP contribution is 2.29. The average Bonchev–Trinajstić information content (AvgIpc) is 3.03. The second kappa shape index (κ2) is 6.53. The number of hydrogen-bond acceptors (Lipinski definition) is 4. The van der Waals surface area contributed by atoms with Crippen LogP contribution >= 0.6 is 0 Å². The molecule has 0 spiro atoms. The van der Waals surface area contributed by atoms with Crippen molar-refractivity contribution < 1.29 is 13.2 Å². The van der Waals surface area contributed by atoms with Crippen molar-refractivity contribution in [1.29, 1.82) is 0 Å². The van der Waals surface area contributed by atoms with Gasteiger partial charge in [-0.15, -0.1) is 5.10 Å². The molecule has 0 aliphatic carbocycles. The van der Waals surface area contributed by atoms with Gasteiger partial charge in [-0.3, -0.25) is 0 Å². The predicted octanol–water partition coefficient (Wildman–Crippen LogP) is 4.26. The Morgan fingerprint density at radius 1 is 1.00 bits per heavy atom. The fourth-order valence-corrected chi connectivity index (χ4v) is 2.95. The molecule has 27 heavy (non-hydrogen) atoms. The lowest BCUT2D eigenvalue weighted by Crippen LogP contribution is -2.11. The largest absolute Gasteiger partial charge is 0.416 e. The quantitative estimate of drug-likeness (QED) is 0.582. The minimum absolute atomic E-state index is 0.505. The number of nitrogens with zero attached hydrogens (tertiary/aromatic N) is 4. The Kier molecular flexibility index (Phi) is 4.18. The summed E-state index contributed by atoms with van der Waals surface area (Å²) in [5.74, 6) is 1.19. The van der Waals surface area contributed by atoms with Crippen molar-refractivity contribution in [2.75, 3.05) is 11.9 Å². The van der Waals surface area contributed by atoms with Crippen LogP contribution in [0.25, 0.3) is 16.6 Å². The molecule has 0 aliphatic heterocycles. The smallest absolute Gasteiger partial charge is 0.354 e. The zero-order chi connectivity index (χ0) is 19.0. The van der Waals surface area contributed by atoms with Crippen LogP contribution in [0.4, 0.5) is 19.1 Å². The topological polar surface area (TPSA) is 55.1 Å². The fourth-order valence-electron chi connectivity index (χ4n) is 2.95. The van der Waals surface area contributed by atoms with Gasteiger partial charge in [0.05, 0.1) is 11.1 Å². The number of alkyl halides is 3. The first-order chi connectivity index (χ1) is 12.9. The molecule has 2 heterocycles. The van der Waals surface area contributed by atoms with Crippen LogP contribution in [0.15, 0.2) is 48.5 Å². The van der Waals surface area contributed by atoms with E-state index < -0.39 is 11.7 Å². The summed E-state index contributed by atoms with van der Waals surface area (Å²) in [6, 6.07) is 12.9. The number of aromatic nitrogens is 4. The molecule has 0 saturated carbocycles. The molecule has 4 aromatic rings. The molecule has 0 aliphatic rings. The highest BCUT2D eigenvalue weighted by atomic mass is 19.4. The van der Waals surface area contributed by atoms with E-state index in [1.54, 1.807) is 4.52 Å². The maximum absolute atomic E-state index is 12.6. The third-order valence-electron chi connectivity index (χ3n) is 4.26. The Hall–Kier alpha value is -3.16. The predicted molar refractivity (Wildman–Crippen MR) is 96.7 cm³/mol. The van der Waals surface area contributed by atoms with Gasteiger partial charge >= 0.3 is 6.18 Å². The highest BCUT2D eigenvalue weighted by Gasteiger charge is 2.29. The Balaban J connectivity index is 1.55. The molecule has 0 unspecified atom stereocenters. The molecule has 2 aromatic carbocycles. The minimum atomic E-state index is -4.32. The number of rotatable bonds is 4. The van der Waals surface area contributed by atoms with E-state index in [4.69, 9.17) is 0 Å². The summed E-state index contributed by atoms with van der Waals surface area (Å²) in [5, 5.41) is 8.51. The summed E-state index contributed by atoms with van der Waals surface area (Å²) in [6.45, 7) is 2.32. The lowest BCUT2D eigenvalue weighted by Gasteiger charge is -2.10. The second-order valence-corrected chi connectivity index (χ2v) is 6.22. The van der Waals surface area contributed by atoms with Crippen molar-refractivity contribution in [2.24, 2.45) is 0 Å². The molecule has 138 valence electrons. The summed E-state index contributed by atoms with van der Waals surface area (Å²) in [4.78, 5) is 9.06. The van der Waals surface area contributed by atoms with Crippen LogP contribution in [0, 0.1) is 6.92 Å². The lowest BCUT2D eigenvalue weighted by atomic mass is 10.1. The van der Waals surface area contributed by atoms with E-state index in [9.17, 15) is 13.2 Å². The van der Waals surface area contributed by atoms with Gasteiger partial charge in [-0.05, 0) is 43.2 Å². The summed E-state index contributed by atoms with van der Waals surface area (Å²) in [6.07, 6.45) is -3.76. The van der Waals surface area contributed by atoms with Crippen molar-refractivity contribution in [1.82, 2.24) is 19.6 Å². The summed E-state index contributed by atoms with van der Waals surface area (Å²) in [5.41, 5.74) is 1.68. The maximum Gasteiger partial charge on any atom is 0.416 e. The van der Waals surface area contributed by atoms with Crippen molar-refractivity contribution in [3.05, 3.63) is 65.5 Å². The molecule has 0 fully saturated rings. The van der Waals surface area contributed by atoms with Crippen LogP contribution in [0.3, 0.4) is 0 Å². The van der Waals surface area contributed by atoms with Gasteiger partial charge in [0.25, 0.3) is 0 Å². The zero-order valence-electron chi connectivity index (χ0n) is 14.5. The number of hydrogen-bond donors (Lipinski definition) is 1. The molecular formula is C19H16F3N5. The summed E-state index contributed by atoms with van der Waals surface area (Å²) >= 11 is 0. The van der Waals surface area contributed by atoms with Crippen molar-refractivity contribution in [3.63, 3.8) is 0 Å². The van der Waals surface area contributed by atoms with E-state index in [1.807, 2.05) is 31.2 Å². The Morgan fingerprint density at radius 3 is 2.48 bits per heavy atom. The van der Waals surface area contributed by atoms with Crippen molar-refractivity contribution in [3.8, 4) is 0 Å². The molecule has 0 bridgehead atoms. The molecule has 2 aromatic heterocycles. The number of para-hydroxylation sites is 1. The Bertz CT molecular complexity index is 1100. The van der Waals surface area contributed by atoms with Gasteiger partial charge in [-0.1, -0.05) is 24.3 Å². The SMILES string of the molecule is Cc1nc2c3ccccc3nc(NCCc3ccc(C(F)(F)F)cc3)n2n1. The molecule has 0 saturated heterocycles. The van der Waals surface area contributed by atoms with Crippen LogP contribution in [-0.4, -0.2) is 26.1 Å². The van der Waals surface area contributed by atoms with Gasteiger partial charge in [-0.2, -0.15) is 17.7 Å². The third kappa shape index (κ3) is 3.42. The Morgan fingerprint density at radius 2 is 1.74 bits per heavy atom. The first kappa shape index (κ1) is 17.3. The standard InChI is InChI=1S/C19H16F3N5/c1-12-24-17-15-4-2-3-5-16(15)25-18(27(17)26-12)23-11-10-13-6-8-14(9-7-13)19(20,21)22/h2-9H,10-11H2,1H3,(H,23,25). The number of halogens is 3. The van der Waals surface area contributed by atoms with Gasteiger partial charge in [0.1, 0.15) is 5.82 Å². The van der Waals surface area contributed by atoms with E-state index in [-0.39, 0.29) is 0 Å². The number of anilines is 1. The van der Waals surface area contributed by atoms with E-state index in [1.165, 1.54) is 12.1 Å². The molecule has 0 radical (unpaired) electrons. The lowest BCUT2D eigenvalue weighted by molar-refractivity contribution is -0.137. The van der Waals surface area contributed by atoms with Gasteiger partial charge in [0.2, 0.25) is 5.95 Å². The number of aryl methyl sites for hydroxylation is 1. The summed E-state index contributed by atoms with van der Waals surface area (Å²) in [7, 11) is 0. The van der Waals surface area contributed by atoms with E-state index in [0.717, 1.165) is 34.2 Å². The maximum atomic E-state index is 12.6. The Labute approximate surface area is 152 Å². The van der Waals surface area contributed by atoms with Crippen LogP contribution in [0.5, 0.6) is 0 Å². The monoisotopic (exact) mass is 371 g/mol. The van der Waals surface area contributed by atoms with Gasteiger partial charge in [0, 0.05) is 11.9 Å². The fraction of sp³-hybridized carbons (Fsp3) is 0.211. The van der Waals surface area contributed by atoms with Crippen molar-refractivity contribution in [2.45, 2.75) is 19.5 Å². The molecule has 4 rings (SSSR count). The van der Waals surface area contributed by atoms with Crippen LogP contribution in [-0.2, 0) is 12.6 Å². The minimum Gasteiger partial charge on any atom is -0.354 e. The number of benzene rings is 2. The first-order valence-electron chi connectivity index (χ1n) is 8.44. The van der Waals surface area contributed by atoms with Crippen LogP contribution in [0.1, 0.15) is 17.0 Å². The molecule has 8 heteroatoms. The van der Waals surface area contributed by atoms with Crippen LogP contribution < -0.4 is 5.32 Å². The molecule has 5 nitrogen and oxygen atoms in total.